The van der Waals surface area contributed by atoms with E-state index in [0.29, 0.717) is 25.7 Å². The molecule has 0 aliphatic carbocycles. The first-order valence-electron chi connectivity index (χ1n) is 36.5. The lowest BCUT2D eigenvalue weighted by Crippen LogP contribution is -2.30. The first-order chi connectivity index (χ1) is 42.9. The predicted octanol–water partition coefficient (Wildman–Crippen LogP) is 20.0. The molecule has 0 saturated heterocycles. The zero-order valence-corrected chi connectivity index (χ0v) is 59.5. The zero-order valence-electron chi connectivity index (χ0n) is 57.7. The first kappa shape index (κ1) is 87.1. The molecule has 2 unspecified atom stereocenters. The van der Waals surface area contributed by atoms with Crippen LogP contribution in [0.2, 0.25) is 0 Å². The fraction of sp³-hybridized carbons (Fsp3) is 0.943. The minimum atomic E-state index is -4.95. The summed E-state index contributed by atoms with van der Waals surface area (Å²) in [6, 6.07) is 0. The zero-order chi connectivity index (χ0) is 65.7. The lowest BCUT2D eigenvalue weighted by Gasteiger charge is -2.21. The van der Waals surface area contributed by atoms with Crippen LogP contribution in [0.1, 0.15) is 356 Å². The van der Waals surface area contributed by atoms with Crippen molar-refractivity contribution in [3.8, 4) is 0 Å². The largest absolute Gasteiger partial charge is 0.472 e. The fourth-order valence-corrected chi connectivity index (χ4v) is 12.2. The number of aliphatic hydroxyl groups is 1. The van der Waals surface area contributed by atoms with Crippen LogP contribution >= 0.6 is 15.6 Å². The van der Waals surface area contributed by atoms with Crippen LogP contribution in [-0.2, 0) is 65.4 Å². The summed E-state index contributed by atoms with van der Waals surface area (Å²) in [5.74, 6) is -0.588. The number of hydrogen-bond acceptors (Lipinski definition) is 15. The van der Waals surface area contributed by atoms with E-state index >= 15 is 0 Å². The van der Waals surface area contributed by atoms with E-state index in [0.717, 1.165) is 108 Å². The number of esters is 4. The van der Waals surface area contributed by atoms with E-state index < -0.39 is 97.5 Å². The van der Waals surface area contributed by atoms with Crippen LogP contribution in [-0.4, -0.2) is 96.7 Å². The fourth-order valence-electron chi connectivity index (χ4n) is 10.6. The van der Waals surface area contributed by atoms with Crippen molar-refractivity contribution in [3.63, 3.8) is 0 Å². The first-order valence-corrected chi connectivity index (χ1v) is 39.5. The highest BCUT2D eigenvalue weighted by Gasteiger charge is 2.30. The van der Waals surface area contributed by atoms with Gasteiger partial charge in [-0.3, -0.25) is 37.3 Å². The third-order valence-corrected chi connectivity index (χ3v) is 18.1. The molecule has 0 saturated carbocycles. The minimum absolute atomic E-state index is 0.106. The highest BCUT2D eigenvalue weighted by atomic mass is 31.2. The van der Waals surface area contributed by atoms with E-state index in [-0.39, 0.29) is 25.7 Å². The van der Waals surface area contributed by atoms with Gasteiger partial charge in [-0.2, -0.15) is 0 Å². The average molecular weight is 1310 g/mol. The van der Waals surface area contributed by atoms with Crippen molar-refractivity contribution in [2.45, 2.75) is 374 Å². The molecule has 0 aliphatic heterocycles. The molecule has 89 heavy (non-hydrogen) atoms. The molecule has 0 spiro atoms. The summed E-state index contributed by atoms with van der Waals surface area (Å²) in [5, 5.41) is 10.6. The van der Waals surface area contributed by atoms with Crippen molar-refractivity contribution in [2.75, 3.05) is 39.6 Å². The Labute approximate surface area is 543 Å². The lowest BCUT2D eigenvalue weighted by atomic mass is 10.0. The van der Waals surface area contributed by atoms with Crippen molar-refractivity contribution >= 4 is 39.5 Å². The summed E-state index contributed by atoms with van der Waals surface area (Å²) in [6.45, 7) is 9.53. The Morgan fingerprint density at radius 3 is 0.764 bits per heavy atom. The second kappa shape index (κ2) is 62.2. The highest BCUT2D eigenvalue weighted by molar-refractivity contribution is 7.47. The number of aliphatic hydroxyl groups excluding tert-OH is 1. The van der Waals surface area contributed by atoms with Crippen LogP contribution in [0, 0.1) is 11.8 Å². The topological polar surface area (TPSA) is 237 Å². The number of phosphoric acid groups is 2. The lowest BCUT2D eigenvalue weighted by molar-refractivity contribution is -0.161. The molecule has 528 valence electrons. The number of carbonyl (C=O) groups is 4. The van der Waals surface area contributed by atoms with Crippen LogP contribution < -0.4 is 0 Å². The Bertz CT molecular complexity index is 1730. The van der Waals surface area contributed by atoms with Gasteiger partial charge >= 0.3 is 39.5 Å². The maximum atomic E-state index is 13.0. The Balaban J connectivity index is 5.23. The van der Waals surface area contributed by atoms with Crippen molar-refractivity contribution in [3.05, 3.63) is 0 Å². The van der Waals surface area contributed by atoms with Gasteiger partial charge in [-0.25, -0.2) is 9.13 Å². The molecule has 0 bridgehead atoms. The van der Waals surface area contributed by atoms with Crippen molar-refractivity contribution in [2.24, 2.45) is 11.8 Å². The van der Waals surface area contributed by atoms with Gasteiger partial charge in [0.25, 0.3) is 0 Å². The summed E-state index contributed by atoms with van der Waals surface area (Å²) in [5.41, 5.74) is 0. The Hall–Kier alpha value is -1.94. The molecule has 0 rings (SSSR count). The van der Waals surface area contributed by atoms with Crippen LogP contribution in [0.25, 0.3) is 0 Å². The standard InChI is InChI=1S/C70H136O17P2/c1-7-9-11-13-15-17-18-19-24-30-36-42-48-54-69(74)86-65(58-80-67(72)52-46-40-34-16-14-12-10-8-2)60-84-88(76,77)82-56-64(71)57-83-89(78,79)85-61-66(87-70(75)55-49-43-37-31-26-21-23-28-33-39-45-51-63(5)6)59-81-68(73)53-47-41-35-29-25-20-22-27-32-38-44-50-62(3)4/h62-66,71H,7-61H2,1-6H3,(H,76,77)(H,78,79)/t64-,65+,66+/m0/s1. The number of hydrogen-bond donors (Lipinski definition) is 3. The number of phosphoric ester groups is 2. The molecule has 19 heteroatoms. The number of rotatable bonds is 69. The average Bonchev–Trinajstić information content (AvgIpc) is 3.60. The Kier molecular flexibility index (Phi) is 60.8. The third-order valence-electron chi connectivity index (χ3n) is 16.2. The van der Waals surface area contributed by atoms with E-state index in [9.17, 15) is 43.2 Å². The van der Waals surface area contributed by atoms with Crippen molar-refractivity contribution in [1.29, 1.82) is 0 Å². The monoisotopic (exact) mass is 1310 g/mol. The summed E-state index contributed by atoms with van der Waals surface area (Å²) in [6.07, 6.45) is 47.1. The summed E-state index contributed by atoms with van der Waals surface area (Å²) in [4.78, 5) is 72.5. The van der Waals surface area contributed by atoms with E-state index in [1.54, 1.807) is 0 Å². The van der Waals surface area contributed by atoms with Crippen LogP contribution in [0.3, 0.4) is 0 Å². The molecule has 17 nitrogen and oxygen atoms in total. The maximum Gasteiger partial charge on any atom is 0.472 e. The van der Waals surface area contributed by atoms with Gasteiger partial charge in [0.05, 0.1) is 26.4 Å². The van der Waals surface area contributed by atoms with Gasteiger partial charge in [0.15, 0.2) is 12.2 Å². The van der Waals surface area contributed by atoms with Gasteiger partial charge in [-0.05, 0) is 37.5 Å². The molecule has 3 N–H and O–H groups in total. The van der Waals surface area contributed by atoms with Gasteiger partial charge in [0.2, 0.25) is 0 Å². The summed E-state index contributed by atoms with van der Waals surface area (Å²) >= 11 is 0. The second-order valence-corrected chi connectivity index (χ2v) is 29.1. The van der Waals surface area contributed by atoms with Gasteiger partial charge in [0.1, 0.15) is 19.3 Å². The molecule has 0 aromatic rings. The molecule has 0 fully saturated rings. The highest BCUT2D eigenvalue weighted by Crippen LogP contribution is 2.45. The SMILES string of the molecule is CCCCCCCCCCCCCCCC(=O)O[C@H](COC(=O)CCCCCCCCCC)COP(=O)(O)OC[C@H](O)COP(=O)(O)OC[C@@H](COC(=O)CCCCCCCCCCCCCC(C)C)OC(=O)CCCCCCCCCCCCCC(C)C. The number of unbranched alkanes of at least 4 members (excludes halogenated alkanes) is 39. The predicted molar refractivity (Wildman–Crippen MR) is 358 cm³/mol. The normalized spacial score (nSPS) is 14.1. The van der Waals surface area contributed by atoms with Gasteiger partial charge < -0.3 is 33.8 Å². The van der Waals surface area contributed by atoms with Gasteiger partial charge in [-0.15, -0.1) is 0 Å². The van der Waals surface area contributed by atoms with E-state index in [1.165, 1.54) is 167 Å². The Morgan fingerprint density at radius 2 is 0.517 bits per heavy atom. The molecule has 5 atom stereocenters. The smallest absolute Gasteiger partial charge is 0.462 e. The van der Waals surface area contributed by atoms with E-state index in [2.05, 4.69) is 41.5 Å². The third kappa shape index (κ3) is 64.6. The van der Waals surface area contributed by atoms with Crippen LogP contribution in [0.5, 0.6) is 0 Å². The van der Waals surface area contributed by atoms with Crippen LogP contribution in [0.15, 0.2) is 0 Å². The van der Waals surface area contributed by atoms with Crippen molar-refractivity contribution in [1.82, 2.24) is 0 Å². The maximum absolute atomic E-state index is 13.0. The number of carbonyl (C=O) groups excluding carboxylic acids is 4. The molecule has 0 aliphatic rings. The van der Waals surface area contributed by atoms with Gasteiger partial charge in [0, 0.05) is 25.7 Å². The quantitative estimate of drug-likeness (QED) is 0.0222. The molecule has 0 radical (unpaired) electrons. The molecule has 0 amide bonds. The van der Waals surface area contributed by atoms with E-state index in [4.69, 9.17) is 37.0 Å². The van der Waals surface area contributed by atoms with E-state index in [1.807, 2.05) is 0 Å². The Morgan fingerprint density at radius 1 is 0.303 bits per heavy atom. The summed E-state index contributed by atoms with van der Waals surface area (Å²) in [7, 11) is -9.90. The number of ether oxygens (including phenoxy) is 4. The molecular formula is C70H136O17P2. The minimum Gasteiger partial charge on any atom is -0.462 e. The molecule has 0 aromatic carbocycles. The van der Waals surface area contributed by atoms with Crippen LogP contribution in [0.4, 0.5) is 0 Å². The molecule has 0 heterocycles. The molecular weight excluding hydrogens is 1170 g/mol. The second-order valence-electron chi connectivity index (χ2n) is 26.2. The molecule has 0 aromatic heterocycles. The van der Waals surface area contributed by atoms with Crippen molar-refractivity contribution < 1.29 is 80.2 Å². The van der Waals surface area contributed by atoms with Gasteiger partial charge in [-0.1, -0.05) is 305 Å². The summed E-state index contributed by atoms with van der Waals surface area (Å²) < 4.78 is 68.2.